The Labute approximate surface area is 96.0 Å². The van der Waals surface area contributed by atoms with E-state index in [4.69, 9.17) is 9.84 Å². The van der Waals surface area contributed by atoms with Crippen LogP contribution in [0.15, 0.2) is 0 Å². The van der Waals surface area contributed by atoms with Crippen LogP contribution in [-0.2, 0) is 14.3 Å². The molecule has 1 atom stereocenters. The highest BCUT2D eigenvalue weighted by Crippen LogP contribution is 2.30. The fourth-order valence-corrected chi connectivity index (χ4v) is 2.37. The molecule has 0 bridgehead atoms. The van der Waals surface area contributed by atoms with Crippen molar-refractivity contribution in [3.8, 4) is 0 Å². The van der Waals surface area contributed by atoms with Gasteiger partial charge in [0.05, 0.1) is 6.61 Å². The van der Waals surface area contributed by atoms with Crippen LogP contribution in [0.1, 0.15) is 45.4 Å². The molecule has 1 aliphatic carbocycles. The molecule has 0 aromatic rings. The van der Waals surface area contributed by atoms with Gasteiger partial charge in [0.2, 0.25) is 0 Å². The molecule has 0 heterocycles. The van der Waals surface area contributed by atoms with Crippen molar-refractivity contribution in [3.63, 3.8) is 0 Å². The zero-order valence-electron chi connectivity index (χ0n) is 9.78. The summed E-state index contributed by atoms with van der Waals surface area (Å²) in [6.45, 7) is 1.94. The Hall–Kier alpha value is -1.06. The third-order valence-corrected chi connectivity index (χ3v) is 3.18. The molecule has 1 aliphatic rings. The first-order chi connectivity index (χ1) is 7.66. The molecule has 1 N–H and O–H groups in total. The Kier molecular flexibility index (Phi) is 5.29. The van der Waals surface area contributed by atoms with Crippen LogP contribution in [0.2, 0.25) is 0 Å². The molecule has 0 radical (unpaired) electrons. The van der Waals surface area contributed by atoms with E-state index >= 15 is 0 Å². The maximum Gasteiger partial charge on any atom is 0.320 e. The lowest BCUT2D eigenvalue weighted by Crippen LogP contribution is -2.32. The average Bonchev–Trinajstić information content (AvgIpc) is 2.46. The van der Waals surface area contributed by atoms with E-state index in [-0.39, 0.29) is 12.5 Å². The topological polar surface area (TPSA) is 63.6 Å². The van der Waals surface area contributed by atoms with Gasteiger partial charge in [0.25, 0.3) is 0 Å². The molecule has 0 aromatic heterocycles. The van der Waals surface area contributed by atoms with E-state index in [0.29, 0.717) is 0 Å². The van der Waals surface area contributed by atoms with E-state index in [1.165, 1.54) is 0 Å². The van der Waals surface area contributed by atoms with E-state index in [1.54, 1.807) is 6.92 Å². The number of hydrogen-bond donors (Lipinski definition) is 1. The quantitative estimate of drug-likeness (QED) is 0.455. The Morgan fingerprint density at radius 2 is 1.81 bits per heavy atom. The van der Waals surface area contributed by atoms with Gasteiger partial charge in [0.15, 0.2) is 5.92 Å². The molecule has 0 spiro atoms. The molecule has 1 rings (SSSR count). The van der Waals surface area contributed by atoms with Crippen LogP contribution in [-0.4, -0.2) is 23.7 Å². The van der Waals surface area contributed by atoms with Gasteiger partial charge >= 0.3 is 11.9 Å². The van der Waals surface area contributed by atoms with E-state index in [2.05, 4.69) is 0 Å². The highest BCUT2D eigenvalue weighted by Gasteiger charge is 2.35. The highest BCUT2D eigenvalue weighted by atomic mass is 16.5. The fourth-order valence-electron chi connectivity index (χ4n) is 2.37. The molecule has 1 fully saturated rings. The Bertz CT molecular complexity index is 241. The highest BCUT2D eigenvalue weighted by molar-refractivity contribution is 5.94. The molecule has 1 unspecified atom stereocenters. The number of carbonyl (C=O) groups is 2. The molecule has 4 heteroatoms. The third kappa shape index (κ3) is 3.51. The monoisotopic (exact) mass is 228 g/mol. The second kappa shape index (κ2) is 6.51. The number of ether oxygens (including phenoxy) is 1. The van der Waals surface area contributed by atoms with E-state index < -0.39 is 17.9 Å². The third-order valence-electron chi connectivity index (χ3n) is 3.18. The van der Waals surface area contributed by atoms with Gasteiger partial charge < -0.3 is 9.84 Å². The molecule has 0 aliphatic heterocycles. The Morgan fingerprint density at radius 3 is 2.25 bits per heavy atom. The number of carboxylic acids is 1. The largest absolute Gasteiger partial charge is 0.481 e. The van der Waals surface area contributed by atoms with Crippen LogP contribution in [0, 0.1) is 11.8 Å². The van der Waals surface area contributed by atoms with Crippen LogP contribution in [0.5, 0.6) is 0 Å². The van der Waals surface area contributed by atoms with Crippen molar-refractivity contribution < 1.29 is 19.4 Å². The van der Waals surface area contributed by atoms with Gasteiger partial charge in [-0.3, -0.25) is 9.59 Å². The predicted molar refractivity (Wildman–Crippen MR) is 59.0 cm³/mol. The number of aliphatic carboxylic acids is 1. The summed E-state index contributed by atoms with van der Waals surface area (Å²) in [5.41, 5.74) is 0. The van der Waals surface area contributed by atoms with Crippen molar-refractivity contribution in [3.05, 3.63) is 0 Å². The van der Waals surface area contributed by atoms with Crippen molar-refractivity contribution in [2.75, 3.05) is 6.61 Å². The lowest BCUT2D eigenvalue weighted by molar-refractivity contribution is -0.161. The first kappa shape index (κ1) is 13.0. The van der Waals surface area contributed by atoms with E-state index in [9.17, 15) is 9.59 Å². The lowest BCUT2D eigenvalue weighted by atomic mass is 9.86. The normalized spacial score (nSPS) is 19.8. The van der Waals surface area contributed by atoms with Crippen molar-refractivity contribution in [1.29, 1.82) is 0 Å². The van der Waals surface area contributed by atoms with Crippen LogP contribution in [0.3, 0.4) is 0 Å². The molecule has 16 heavy (non-hydrogen) atoms. The lowest BCUT2D eigenvalue weighted by Gasteiger charge is -2.20. The predicted octanol–water partition coefficient (Wildman–Crippen LogP) is 2.22. The second-order valence-corrected chi connectivity index (χ2v) is 4.32. The van der Waals surface area contributed by atoms with Crippen LogP contribution in [0.25, 0.3) is 0 Å². The number of carbonyl (C=O) groups excluding carboxylic acids is 1. The molecule has 92 valence electrons. The van der Waals surface area contributed by atoms with E-state index in [1.807, 2.05) is 0 Å². The van der Waals surface area contributed by atoms with Crippen molar-refractivity contribution in [1.82, 2.24) is 0 Å². The summed E-state index contributed by atoms with van der Waals surface area (Å²) in [4.78, 5) is 22.7. The number of carboxylic acid groups (broad SMARTS) is 1. The van der Waals surface area contributed by atoms with Gasteiger partial charge in [-0.2, -0.15) is 0 Å². The molecule has 0 saturated heterocycles. The molecule has 0 amide bonds. The minimum absolute atomic E-state index is 0.0425. The van der Waals surface area contributed by atoms with E-state index in [0.717, 1.165) is 38.5 Å². The van der Waals surface area contributed by atoms with Gasteiger partial charge in [-0.15, -0.1) is 0 Å². The first-order valence-corrected chi connectivity index (χ1v) is 6.06. The summed E-state index contributed by atoms with van der Waals surface area (Å²) in [7, 11) is 0. The SMILES string of the molecule is CCOC(=O)C(C(=O)O)C1CCCCCC1. The van der Waals surface area contributed by atoms with Crippen molar-refractivity contribution in [2.24, 2.45) is 11.8 Å². The summed E-state index contributed by atoms with van der Waals surface area (Å²) in [6.07, 6.45) is 5.99. The first-order valence-electron chi connectivity index (χ1n) is 6.06. The van der Waals surface area contributed by atoms with Crippen LogP contribution >= 0.6 is 0 Å². The van der Waals surface area contributed by atoms with Gasteiger partial charge in [-0.1, -0.05) is 25.7 Å². The maximum absolute atomic E-state index is 11.6. The standard InChI is InChI=1S/C12H20O4/c1-2-16-12(15)10(11(13)14)9-7-5-3-4-6-8-9/h9-10H,2-8H2,1H3,(H,13,14). The zero-order valence-corrected chi connectivity index (χ0v) is 9.78. The zero-order chi connectivity index (χ0) is 12.0. The van der Waals surface area contributed by atoms with Gasteiger partial charge in [0.1, 0.15) is 0 Å². The average molecular weight is 228 g/mol. The van der Waals surface area contributed by atoms with Crippen molar-refractivity contribution >= 4 is 11.9 Å². The smallest absolute Gasteiger partial charge is 0.320 e. The Morgan fingerprint density at radius 1 is 1.25 bits per heavy atom. The Balaban J connectivity index is 2.67. The van der Waals surface area contributed by atoms with Gasteiger partial charge in [0, 0.05) is 0 Å². The van der Waals surface area contributed by atoms with Crippen LogP contribution in [0.4, 0.5) is 0 Å². The molecule has 4 nitrogen and oxygen atoms in total. The minimum atomic E-state index is -1.04. The summed E-state index contributed by atoms with van der Waals surface area (Å²) >= 11 is 0. The summed E-state index contributed by atoms with van der Waals surface area (Å²) in [5.74, 6) is -2.61. The number of hydrogen-bond acceptors (Lipinski definition) is 3. The van der Waals surface area contributed by atoms with Crippen LogP contribution < -0.4 is 0 Å². The number of esters is 1. The van der Waals surface area contributed by atoms with Crippen molar-refractivity contribution in [2.45, 2.75) is 45.4 Å². The summed E-state index contributed by atoms with van der Waals surface area (Å²) in [6, 6.07) is 0. The van der Waals surface area contributed by atoms with Gasteiger partial charge in [-0.05, 0) is 25.7 Å². The summed E-state index contributed by atoms with van der Waals surface area (Å²) in [5, 5.41) is 9.11. The second-order valence-electron chi connectivity index (χ2n) is 4.32. The maximum atomic E-state index is 11.6. The molecule has 1 saturated carbocycles. The number of rotatable bonds is 4. The van der Waals surface area contributed by atoms with Gasteiger partial charge in [-0.25, -0.2) is 0 Å². The molecular formula is C12H20O4. The fraction of sp³-hybridized carbons (Fsp3) is 0.833. The minimum Gasteiger partial charge on any atom is -0.481 e. The summed E-state index contributed by atoms with van der Waals surface area (Å²) < 4.78 is 4.84. The molecular weight excluding hydrogens is 208 g/mol. The molecule has 0 aromatic carbocycles.